The molecule has 0 bridgehead atoms. The summed E-state index contributed by atoms with van der Waals surface area (Å²) in [6.07, 6.45) is 0. The lowest BCUT2D eigenvalue weighted by molar-refractivity contribution is 0.0697. The van der Waals surface area contributed by atoms with Crippen LogP contribution in [0.2, 0.25) is 0 Å². The summed E-state index contributed by atoms with van der Waals surface area (Å²) in [5.74, 6) is -0.447. The molecule has 0 radical (unpaired) electrons. The molecule has 0 heterocycles. The molecular weight excluding hydrogens is 170 g/mol. The lowest BCUT2D eigenvalue weighted by Crippen LogP contribution is -2.05. The summed E-state index contributed by atoms with van der Waals surface area (Å²) in [5, 5.41) is 8.79. The van der Waals surface area contributed by atoms with Crippen molar-refractivity contribution in [2.24, 2.45) is 0 Å². The number of ether oxygens (including phenoxy) is 1. The van der Waals surface area contributed by atoms with E-state index in [4.69, 9.17) is 15.6 Å². The van der Waals surface area contributed by atoms with E-state index >= 15 is 0 Å². The molecule has 13 heavy (non-hydrogen) atoms. The second-order valence-electron chi connectivity index (χ2n) is 2.71. The summed E-state index contributed by atoms with van der Waals surface area (Å²) in [6, 6.07) is 3.14. The molecule has 4 heteroatoms. The number of anilines is 1. The van der Waals surface area contributed by atoms with E-state index in [1.54, 1.807) is 13.0 Å². The number of hydrogen-bond donors (Lipinski definition) is 2. The highest BCUT2D eigenvalue weighted by Gasteiger charge is 2.12. The van der Waals surface area contributed by atoms with Crippen LogP contribution in [0.15, 0.2) is 12.1 Å². The summed E-state index contributed by atoms with van der Waals surface area (Å²) >= 11 is 0. The van der Waals surface area contributed by atoms with Crippen molar-refractivity contribution in [2.45, 2.75) is 6.92 Å². The molecule has 0 aliphatic rings. The van der Waals surface area contributed by atoms with Crippen molar-refractivity contribution in [3.05, 3.63) is 23.3 Å². The smallest absolute Gasteiger partial charge is 0.338 e. The van der Waals surface area contributed by atoms with E-state index in [-0.39, 0.29) is 11.3 Å². The summed E-state index contributed by atoms with van der Waals surface area (Å²) < 4.78 is 4.94. The molecule has 3 N–H and O–H groups in total. The Hall–Kier alpha value is -1.71. The van der Waals surface area contributed by atoms with Crippen molar-refractivity contribution in [2.75, 3.05) is 12.8 Å². The Morgan fingerprint density at radius 2 is 2.15 bits per heavy atom. The standard InChI is InChI=1S/C9H11NO3/c1-5-3-6(13-2)4-7(10)8(5)9(11)12/h3-4H,10H2,1-2H3,(H,11,12). The Balaban J connectivity index is 3.31. The Kier molecular flexibility index (Phi) is 2.41. The summed E-state index contributed by atoms with van der Waals surface area (Å²) in [4.78, 5) is 10.7. The molecule has 70 valence electrons. The number of aromatic carboxylic acids is 1. The minimum absolute atomic E-state index is 0.140. The van der Waals surface area contributed by atoms with Gasteiger partial charge >= 0.3 is 5.97 Å². The molecule has 1 aromatic carbocycles. The highest BCUT2D eigenvalue weighted by Crippen LogP contribution is 2.23. The van der Waals surface area contributed by atoms with E-state index in [0.29, 0.717) is 11.3 Å². The van der Waals surface area contributed by atoms with Crippen LogP contribution >= 0.6 is 0 Å². The number of nitrogens with two attached hydrogens (primary N) is 1. The van der Waals surface area contributed by atoms with Crippen molar-refractivity contribution in [3.8, 4) is 5.75 Å². The molecule has 1 aromatic rings. The Labute approximate surface area is 75.9 Å². The third-order valence-electron chi connectivity index (χ3n) is 1.79. The molecule has 0 fully saturated rings. The Bertz CT molecular complexity index is 324. The summed E-state index contributed by atoms with van der Waals surface area (Å²) in [5.41, 5.74) is 6.51. The van der Waals surface area contributed by atoms with E-state index in [2.05, 4.69) is 0 Å². The predicted molar refractivity (Wildman–Crippen MR) is 49.1 cm³/mol. The molecule has 0 atom stereocenters. The van der Waals surface area contributed by atoms with Gasteiger partial charge in [-0.2, -0.15) is 0 Å². The molecule has 0 saturated carbocycles. The predicted octanol–water partition coefficient (Wildman–Crippen LogP) is 1.28. The van der Waals surface area contributed by atoms with Crippen LogP contribution in [0.1, 0.15) is 15.9 Å². The molecule has 0 aliphatic carbocycles. The fourth-order valence-corrected chi connectivity index (χ4v) is 1.19. The number of aryl methyl sites for hydroxylation is 1. The van der Waals surface area contributed by atoms with E-state index in [9.17, 15) is 4.79 Å². The topological polar surface area (TPSA) is 72.5 Å². The third kappa shape index (κ3) is 1.72. The number of benzene rings is 1. The van der Waals surface area contributed by atoms with E-state index in [1.807, 2.05) is 0 Å². The van der Waals surface area contributed by atoms with Gasteiger partial charge in [-0.1, -0.05) is 0 Å². The van der Waals surface area contributed by atoms with Crippen LogP contribution in [0.25, 0.3) is 0 Å². The van der Waals surface area contributed by atoms with Crippen LogP contribution in [0.4, 0.5) is 5.69 Å². The third-order valence-corrected chi connectivity index (χ3v) is 1.79. The zero-order valence-electron chi connectivity index (χ0n) is 7.50. The average Bonchev–Trinajstić information content (AvgIpc) is 2.02. The lowest BCUT2D eigenvalue weighted by atomic mass is 10.1. The lowest BCUT2D eigenvalue weighted by Gasteiger charge is -2.07. The maximum absolute atomic E-state index is 10.7. The van der Waals surface area contributed by atoms with Crippen LogP contribution in [0, 0.1) is 6.92 Å². The largest absolute Gasteiger partial charge is 0.497 e. The number of carbonyl (C=O) groups is 1. The number of nitrogen functional groups attached to an aromatic ring is 1. The molecule has 0 spiro atoms. The number of methoxy groups -OCH3 is 1. The monoisotopic (exact) mass is 181 g/mol. The van der Waals surface area contributed by atoms with Gasteiger partial charge in [-0.05, 0) is 18.6 Å². The van der Waals surface area contributed by atoms with Gasteiger partial charge in [-0.3, -0.25) is 0 Å². The van der Waals surface area contributed by atoms with Gasteiger partial charge in [-0.15, -0.1) is 0 Å². The van der Waals surface area contributed by atoms with Crippen LogP contribution in [0.3, 0.4) is 0 Å². The zero-order chi connectivity index (χ0) is 10.0. The number of rotatable bonds is 2. The molecule has 0 unspecified atom stereocenters. The van der Waals surface area contributed by atoms with Gasteiger partial charge in [0.15, 0.2) is 0 Å². The molecule has 0 amide bonds. The Morgan fingerprint density at radius 3 is 2.54 bits per heavy atom. The van der Waals surface area contributed by atoms with Crippen molar-refractivity contribution < 1.29 is 14.6 Å². The molecule has 0 aliphatic heterocycles. The minimum Gasteiger partial charge on any atom is -0.497 e. The van der Waals surface area contributed by atoms with Crippen molar-refractivity contribution in [1.82, 2.24) is 0 Å². The van der Waals surface area contributed by atoms with Gasteiger partial charge in [0.1, 0.15) is 5.75 Å². The van der Waals surface area contributed by atoms with Crippen LogP contribution < -0.4 is 10.5 Å². The maximum atomic E-state index is 10.7. The zero-order valence-corrected chi connectivity index (χ0v) is 7.50. The first-order valence-corrected chi connectivity index (χ1v) is 3.73. The molecule has 0 saturated heterocycles. The second-order valence-corrected chi connectivity index (χ2v) is 2.71. The normalized spacial score (nSPS) is 9.69. The minimum atomic E-state index is -1.02. The number of carboxylic acid groups (broad SMARTS) is 1. The molecule has 4 nitrogen and oxygen atoms in total. The first kappa shape index (κ1) is 9.38. The van der Waals surface area contributed by atoms with Gasteiger partial charge in [-0.25, -0.2) is 4.79 Å². The summed E-state index contributed by atoms with van der Waals surface area (Å²) in [7, 11) is 1.51. The SMILES string of the molecule is COc1cc(C)c(C(=O)O)c(N)c1. The fraction of sp³-hybridized carbons (Fsp3) is 0.222. The Morgan fingerprint density at radius 1 is 1.54 bits per heavy atom. The maximum Gasteiger partial charge on any atom is 0.338 e. The number of hydrogen-bond acceptors (Lipinski definition) is 3. The van der Waals surface area contributed by atoms with Crippen LogP contribution in [-0.2, 0) is 0 Å². The van der Waals surface area contributed by atoms with Gasteiger partial charge in [0.2, 0.25) is 0 Å². The second kappa shape index (κ2) is 3.35. The van der Waals surface area contributed by atoms with Gasteiger partial charge in [0.25, 0.3) is 0 Å². The van der Waals surface area contributed by atoms with Crippen molar-refractivity contribution >= 4 is 11.7 Å². The first-order chi connectivity index (χ1) is 6.06. The van der Waals surface area contributed by atoms with Crippen LogP contribution in [0.5, 0.6) is 5.75 Å². The molecule has 1 rings (SSSR count). The van der Waals surface area contributed by atoms with Gasteiger partial charge in [0, 0.05) is 6.07 Å². The quantitative estimate of drug-likeness (QED) is 0.674. The number of carboxylic acids is 1. The first-order valence-electron chi connectivity index (χ1n) is 3.73. The fourth-order valence-electron chi connectivity index (χ4n) is 1.19. The molecular formula is C9H11NO3. The van der Waals surface area contributed by atoms with Gasteiger partial charge in [0.05, 0.1) is 18.4 Å². The summed E-state index contributed by atoms with van der Waals surface area (Å²) in [6.45, 7) is 1.68. The van der Waals surface area contributed by atoms with E-state index in [0.717, 1.165) is 0 Å². The highest BCUT2D eigenvalue weighted by molar-refractivity contribution is 5.95. The van der Waals surface area contributed by atoms with Crippen molar-refractivity contribution in [3.63, 3.8) is 0 Å². The van der Waals surface area contributed by atoms with Crippen LogP contribution in [-0.4, -0.2) is 18.2 Å². The average molecular weight is 181 g/mol. The van der Waals surface area contributed by atoms with Crippen molar-refractivity contribution in [1.29, 1.82) is 0 Å². The van der Waals surface area contributed by atoms with E-state index < -0.39 is 5.97 Å². The van der Waals surface area contributed by atoms with E-state index in [1.165, 1.54) is 13.2 Å². The van der Waals surface area contributed by atoms with Gasteiger partial charge < -0.3 is 15.6 Å². The highest BCUT2D eigenvalue weighted by atomic mass is 16.5. The molecule has 0 aromatic heterocycles.